The average Bonchev–Trinajstić information content (AvgIpc) is 2.73. The van der Waals surface area contributed by atoms with E-state index in [2.05, 4.69) is 15.7 Å². The van der Waals surface area contributed by atoms with Gasteiger partial charge in [-0.1, -0.05) is 13.8 Å². The lowest BCUT2D eigenvalue weighted by atomic mass is 10.1. The molecule has 0 aliphatic carbocycles. The molecule has 0 saturated carbocycles. The number of carboxylic acid groups (broad SMARTS) is 1. The second-order valence-corrected chi connectivity index (χ2v) is 4.98. The zero-order chi connectivity index (χ0) is 15.3. The van der Waals surface area contributed by atoms with Crippen molar-refractivity contribution < 1.29 is 14.7 Å². The number of amides is 2. The van der Waals surface area contributed by atoms with Gasteiger partial charge in [0.15, 0.2) is 0 Å². The summed E-state index contributed by atoms with van der Waals surface area (Å²) in [6.45, 7) is 8.37. The molecule has 1 aromatic rings. The number of urea groups is 1. The fourth-order valence-electron chi connectivity index (χ4n) is 1.89. The molecule has 0 saturated heterocycles. The number of aliphatic carboxylic acids is 1. The Kier molecular flexibility index (Phi) is 5.54. The molecule has 1 aromatic heterocycles. The van der Waals surface area contributed by atoms with Crippen LogP contribution in [0.3, 0.4) is 0 Å². The van der Waals surface area contributed by atoms with Crippen molar-refractivity contribution in [2.75, 3.05) is 0 Å². The molecule has 0 radical (unpaired) electrons. The van der Waals surface area contributed by atoms with Crippen LogP contribution in [0.1, 0.15) is 32.2 Å². The van der Waals surface area contributed by atoms with Gasteiger partial charge in [-0.05, 0) is 25.8 Å². The number of hydrogen-bond acceptors (Lipinski definition) is 3. The average molecular weight is 282 g/mol. The van der Waals surface area contributed by atoms with Gasteiger partial charge in [-0.2, -0.15) is 5.10 Å². The molecule has 7 heteroatoms. The van der Waals surface area contributed by atoms with Crippen LogP contribution in [-0.2, 0) is 17.9 Å². The van der Waals surface area contributed by atoms with Crippen molar-refractivity contribution in [3.05, 3.63) is 17.5 Å². The predicted octanol–water partition coefficient (Wildman–Crippen LogP) is 1.12. The molecule has 3 N–H and O–H groups in total. The summed E-state index contributed by atoms with van der Waals surface area (Å²) < 4.78 is 1.80. The topological polar surface area (TPSA) is 96.3 Å². The molecule has 2 amide bonds. The maximum absolute atomic E-state index is 11.7. The number of aromatic nitrogens is 2. The van der Waals surface area contributed by atoms with Crippen molar-refractivity contribution in [1.29, 1.82) is 0 Å². The van der Waals surface area contributed by atoms with E-state index in [4.69, 9.17) is 5.11 Å². The lowest BCUT2D eigenvalue weighted by Crippen LogP contribution is -2.48. The highest BCUT2D eigenvalue weighted by molar-refractivity contribution is 5.82. The van der Waals surface area contributed by atoms with Gasteiger partial charge in [0.2, 0.25) is 0 Å². The molecule has 1 heterocycles. The summed E-state index contributed by atoms with van der Waals surface area (Å²) in [7, 11) is 0. The third kappa shape index (κ3) is 4.25. The summed E-state index contributed by atoms with van der Waals surface area (Å²) >= 11 is 0. The van der Waals surface area contributed by atoms with Crippen molar-refractivity contribution in [2.45, 2.75) is 46.8 Å². The van der Waals surface area contributed by atoms with Gasteiger partial charge in [-0.15, -0.1) is 0 Å². The Hall–Kier alpha value is -2.05. The molecule has 1 unspecified atom stereocenters. The van der Waals surface area contributed by atoms with Crippen LogP contribution in [0, 0.1) is 12.8 Å². The van der Waals surface area contributed by atoms with Crippen molar-refractivity contribution in [3.63, 3.8) is 0 Å². The van der Waals surface area contributed by atoms with Gasteiger partial charge in [0.05, 0.1) is 17.9 Å². The van der Waals surface area contributed by atoms with Crippen LogP contribution in [0.4, 0.5) is 4.79 Å². The predicted molar refractivity (Wildman–Crippen MR) is 74.3 cm³/mol. The molecule has 1 atom stereocenters. The normalized spacial score (nSPS) is 12.2. The summed E-state index contributed by atoms with van der Waals surface area (Å²) in [5.41, 5.74) is 1.77. The van der Waals surface area contributed by atoms with Gasteiger partial charge in [-0.3, -0.25) is 4.68 Å². The van der Waals surface area contributed by atoms with Crippen molar-refractivity contribution in [3.8, 4) is 0 Å². The van der Waals surface area contributed by atoms with E-state index in [9.17, 15) is 9.59 Å². The first-order valence-electron chi connectivity index (χ1n) is 6.65. The summed E-state index contributed by atoms with van der Waals surface area (Å²) in [5, 5.41) is 18.4. The quantitative estimate of drug-likeness (QED) is 0.728. The minimum atomic E-state index is -1.04. The van der Waals surface area contributed by atoms with E-state index >= 15 is 0 Å². The second-order valence-electron chi connectivity index (χ2n) is 4.98. The molecule has 0 bridgehead atoms. The monoisotopic (exact) mass is 282 g/mol. The van der Waals surface area contributed by atoms with Crippen LogP contribution >= 0.6 is 0 Å². The molecule has 0 aliphatic rings. The molecule has 7 nitrogen and oxygen atoms in total. The highest BCUT2D eigenvalue weighted by atomic mass is 16.4. The smallest absolute Gasteiger partial charge is 0.326 e. The van der Waals surface area contributed by atoms with Crippen LogP contribution < -0.4 is 10.6 Å². The fourth-order valence-corrected chi connectivity index (χ4v) is 1.89. The Morgan fingerprint density at radius 3 is 2.60 bits per heavy atom. The van der Waals surface area contributed by atoms with E-state index in [0.717, 1.165) is 17.9 Å². The van der Waals surface area contributed by atoms with E-state index in [1.54, 1.807) is 18.5 Å². The lowest BCUT2D eigenvalue weighted by Gasteiger charge is -2.18. The first-order chi connectivity index (χ1) is 9.35. The zero-order valence-corrected chi connectivity index (χ0v) is 12.3. The minimum absolute atomic E-state index is 0.179. The summed E-state index contributed by atoms with van der Waals surface area (Å²) in [6, 6.07) is 0.501. The number of aryl methyl sites for hydroxylation is 2. The third-order valence-electron chi connectivity index (χ3n) is 2.93. The van der Waals surface area contributed by atoms with E-state index in [1.807, 2.05) is 19.9 Å². The number of hydrogen-bond donors (Lipinski definition) is 3. The maximum atomic E-state index is 11.7. The largest absolute Gasteiger partial charge is 0.480 e. The van der Waals surface area contributed by atoms with Gasteiger partial charge in [0, 0.05) is 6.54 Å². The Bertz CT molecular complexity index is 482. The van der Waals surface area contributed by atoms with Gasteiger partial charge >= 0.3 is 12.0 Å². The van der Waals surface area contributed by atoms with Crippen LogP contribution in [0.25, 0.3) is 0 Å². The first-order valence-corrected chi connectivity index (χ1v) is 6.65. The van der Waals surface area contributed by atoms with Gasteiger partial charge in [-0.25, -0.2) is 9.59 Å². The molecule has 0 fully saturated rings. The maximum Gasteiger partial charge on any atom is 0.326 e. The van der Waals surface area contributed by atoms with Gasteiger partial charge in [0.25, 0.3) is 0 Å². The molecular weight excluding hydrogens is 260 g/mol. The highest BCUT2D eigenvalue weighted by Gasteiger charge is 2.23. The Labute approximate surface area is 118 Å². The van der Waals surface area contributed by atoms with Crippen LogP contribution in [0.15, 0.2) is 6.07 Å². The van der Waals surface area contributed by atoms with Gasteiger partial charge in [0.1, 0.15) is 6.04 Å². The number of carbonyl (C=O) groups excluding carboxylic acids is 1. The van der Waals surface area contributed by atoms with Crippen molar-refractivity contribution >= 4 is 12.0 Å². The second kappa shape index (κ2) is 6.93. The Morgan fingerprint density at radius 2 is 2.10 bits per heavy atom. The number of nitrogens with one attached hydrogen (secondary N) is 2. The molecule has 0 spiro atoms. The summed E-state index contributed by atoms with van der Waals surface area (Å²) in [4.78, 5) is 22.7. The van der Waals surface area contributed by atoms with Crippen molar-refractivity contribution in [1.82, 2.24) is 20.4 Å². The standard InChI is InChI=1S/C13H22N4O3/c1-5-17-10(6-9(4)16-17)7-14-13(20)15-11(8(2)3)12(18)19/h6,8,11H,5,7H2,1-4H3,(H,18,19)(H2,14,15,20). The first kappa shape index (κ1) is 16.0. The summed E-state index contributed by atoms with van der Waals surface area (Å²) in [5.74, 6) is -1.22. The fraction of sp³-hybridized carbons (Fsp3) is 0.615. The van der Waals surface area contributed by atoms with E-state index in [-0.39, 0.29) is 5.92 Å². The van der Waals surface area contributed by atoms with E-state index < -0.39 is 18.0 Å². The number of carbonyl (C=O) groups is 2. The minimum Gasteiger partial charge on any atom is -0.480 e. The van der Waals surface area contributed by atoms with Crippen molar-refractivity contribution in [2.24, 2.45) is 5.92 Å². The molecule has 20 heavy (non-hydrogen) atoms. The molecule has 1 rings (SSSR count). The SMILES string of the molecule is CCn1nc(C)cc1CNC(=O)NC(C(=O)O)C(C)C. The zero-order valence-electron chi connectivity index (χ0n) is 12.3. The van der Waals surface area contributed by atoms with E-state index in [1.165, 1.54) is 0 Å². The van der Waals surface area contributed by atoms with Crippen LogP contribution in [0.2, 0.25) is 0 Å². The number of nitrogens with zero attached hydrogens (tertiary/aromatic N) is 2. The summed E-state index contributed by atoms with van der Waals surface area (Å²) in [6.07, 6.45) is 0. The Morgan fingerprint density at radius 1 is 1.45 bits per heavy atom. The van der Waals surface area contributed by atoms with E-state index in [0.29, 0.717) is 6.54 Å². The highest BCUT2D eigenvalue weighted by Crippen LogP contribution is 2.04. The number of carboxylic acids is 1. The van der Waals surface area contributed by atoms with Crippen LogP contribution in [-0.4, -0.2) is 32.9 Å². The molecule has 0 aliphatic heterocycles. The number of rotatable bonds is 6. The third-order valence-corrected chi connectivity index (χ3v) is 2.93. The Balaban J connectivity index is 2.56. The molecular formula is C13H22N4O3. The lowest BCUT2D eigenvalue weighted by molar-refractivity contribution is -0.140. The molecule has 112 valence electrons. The molecule has 0 aromatic carbocycles. The van der Waals surface area contributed by atoms with Gasteiger partial charge < -0.3 is 15.7 Å². The van der Waals surface area contributed by atoms with Crippen LogP contribution in [0.5, 0.6) is 0 Å².